The van der Waals surface area contributed by atoms with Crippen molar-refractivity contribution in [2.75, 3.05) is 13.7 Å². The Morgan fingerprint density at radius 2 is 2.09 bits per heavy atom. The summed E-state index contributed by atoms with van der Waals surface area (Å²) < 4.78 is 4.41. The number of nitro benzene ring substituents is 1. The summed E-state index contributed by atoms with van der Waals surface area (Å²) in [6.07, 6.45) is 1.26. The highest BCUT2D eigenvalue weighted by molar-refractivity contribution is 8.18. The lowest BCUT2D eigenvalue weighted by atomic mass is 10.1. The zero-order valence-corrected chi connectivity index (χ0v) is 12.2. The normalized spacial score (nSPS) is 16.2. The molecule has 22 heavy (non-hydrogen) atoms. The predicted octanol–water partition coefficient (Wildman–Crippen LogP) is 1.80. The molecule has 0 atom stereocenters. The van der Waals surface area contributed by atoms with Crippen LogP contribution in [0.5, 0.6) is 0 Å². The molecule has 0 N–H and O–H groups in total. The van der Waals surface area contributed by atoms with Gasteiger partial charge < -0.3 is 4.74 Å². The molecule has 9 heteroatoms. The highest BCUT2D eigenvalue weighted by Crippen LogP contribution is 2.33. The van der Waals surface area contributed by atoms with E-state index in [9.17, 15) is 24.5 Å². The van der Waals surface area contributed by atoms with Crippen LogP contribution in [0.1, 0.15) is 5.56 Å². The maximum Gasteiger partial charge on any atom is 0.325 e. The number of nitro groups is 1. The van der Waals surface area contributed by atoms with Crippen molar-refractivity contribution in [1.82, 2.24) is 4.90 Å². The van der Waals surface area contributed by atoms with Crippen LogP contribution >= 0.6 is 11.8 Å². The number of para-hydroxylation sites is 1. The summed E-state index contributed by atoms with van der Waals surface area (Å²) in [4.78, 5) is 46.1. The minimum absolute atomic E-state index is 0.0169. The zero-order chi connectivity index (χ0) is 16.3. The van der Waals surface area contributed by atoms with Crippen LogP contribution in [-0.2, 0) is 14.3 Å². The molecule has 0 aromatic heterocycles. The van der Waals surface area contributed by atoms with E-state index >= 15 is 0 Å². The molecule has 1 aliphatic rings. The molecule has 1 aliphatic heterocycles. The first kappa shape index (κ1) is 15.7. The van der Waals surface area contributed by atoms with Gasteiger partial charge in [0.05, 0.1) is 22.5 Å². The fourth-order valence-electron chi connectivity index (χ4n) is 1.75. The Balaban J connectivity index is 2.31. The Hall–Kier alpha value is -2.68. The second kappa shape index (κ2) is 6.39. The monoisotopic (exact) mass is 322 g/mol. The van der Waals surface area contributed by atoms with Crippen LogP contribution in [0, 0.1) is 10.1 Å². The lowest BCUT2D eigenvalue weighted by Gasteiger charge is -2.09. The second-order valence-corrected chi connectivity index (χ2v) is 5.15. The molecule has 0 unspecified atom stereocenters. The van der Waals surface area contributed by atoms with Crippen LogP contribution in [0.15, 0.2) is 29.2 Å². The van der Waals surface area contributed by atoms with Gasteiger partial charge in [0.2, 0.25) is 0 Å². The van der Waals surface area contributed by atoms with Gasteiger partial charge in [-0.25, -0.2) is 0 Å². The van der Waals surface area contributed by atoms with E-state index in [0.717, 1.165) is 12.0 Å². The summed E-state index contributed by atoms with van der Waals surface area (Å²) in [6, 6.07) is 5.84. The van der Waals surface area contributed by atoms with Gasteiger partial charge in [-0.05, 0) is 23.9 Å². The summed E-state index contributed by atoms with van der Waals surface area (Å²) in [5.41, 5.74) is 0.0262. The van der Waals surface area contributed by atoms with E-state index in [1.807, 2.05) is 0 Å². The van der Waals surface area contributed by atoms with Gasteiger partial charge in [0, 0.05) is 6.07 Å². The quantitative estimate of drug-likeness (QED) is 0.360. The summed E-state index contributed by atoms with van der Waals surface area (Å²) in [5.74, 6) is -1.41. The maximum atomic E-state index is 12.1. The average molecular weight is 322 g/mol. The van der Waals surface area contributed by atoms with Crippen molar-refractivity contribution in [1.29, 1.82) is 0 Å². The number of esters is 1. The van der Waals surface area contributed by atoms with Crippen LogP contribution < -0.4 is 0 Å². The minimum Gasteiger partial charge on any atom is -0.468 e. The van der Waals surface area contributed by atoms with Crippen molar-refractivity contribution >= 4 is 40.6 Å². The van der Waals surface area contributed by atoms with Crippen LogP contribution in [0.2, 0.25) is 0 Å². The van der Waals surface area contributed by atoms with Gasteiger partial charge in [-0.2, -0.15) is 0 Å². The smallest absolute Gasteiger partial charge is 0.325 e. The van der Waals surface area contributed by atoms with E-state index in [2.05, 4.69) is 4.74 Å². The molecule has 0 radical (unpaired) electrons. The third-order valence-electron chi connectivity index (χ3n) is 2.81. The number of carbonyl (C=O) groups is 3. The number of ether oxygens (including phenoxy) is 1. The lowest BCUT2D eigenvalue weighted by molar-refractivity contribution is -0.385. The Kier molecular flexibility index (Phi) is 4.56. The zero-order valence-electron chi connectivity index (χ0n) is 11.3. The van der Waals surface area contributed by atoms with E-state index in [-0.39, 0.29) is 16.2 Å². The second-order valence-electron chi connectivity index (χ2n) is 4.16. The number of hydrogen-bond acceptors (Lipinski definition) is 7. The van der Waals surface area contributed by atoms with Gasteiger partial charge >= 0.3 is 5.97 Å². The predicted molar refractivity (Wildman–Crippen MR) is 77.8 cm³/mol. The standard InChI is InChI=1S/C13H10N2O6S/c1-21-11(16)7-14-12(17)10(22-13(14)18)6-8-4-2-3-5-9(8)15(19)20/h2-6H,7H2,1H3. The number of methoxy groups -OCH3 is 1. The summed E-state index contributed by atoms with van der Waals surface area (Å²) in [7, 11) is 1.14. The Morgan fingerprint density at radius 1 is 1.41 bits per heavy atom. The number of benzene rings is 1. The van der Waals surface area contributed by atoms with Crippen molar-refractivity contribution in [2.24, 2.45) is 0 Å². The molecule has 0 saturated carbocycles. The summed E-state index contributed by atoms with van der Waals surface area (Å²) >= 11 is 0.618. The summed E-state index contributed by atoms with van der Waals surface area (Å²) in [5, 5.41) is 10.3. The van der Waals surface area contributed by atoms with E-state index < -0.39 is 28.6 Å². The minimum atomic E-state index is -0.728. The third kappa shape index (κ3) is 3.14. The van der Waals surface area contributed by atoms with Gasteiger partial charge in [0.1, 0.15) is 6.54 Å². The van der Waals surface area contributed by atoms with E-state index in [1.54, 1.807) is 6.07 Å². The van der Waals surface area contributed by atoms with E-state index in [0.29, 0.717) is 11.8 Å². The molecule has 8 nitrogen and oxygen atoms in total. The number of rotatable bonds is 4. The van der Waals surface area contributed by atoms with Crippen LogP contribution in [0.3, 0.4) is 0 Å². The number of amides is 2. The summed E-state index contributed by atoms with van der Waals surface area (Å²) in [6.45, 7) is -0.491. The third-order valence-corrected chi connectivity index (χ3v) is 3.72. The molecule has 1 aromatic rings. The first-order valence-electron chi connectivity index (χ1n) is 5.99. The van der Waals surface area contributed by atoms with Gasteiger partial charge in [0.25, 0.3) is 16.8 Å². The van der Waals surface area contributed by atoms with Gasteiger partial charge in [-0.15, -0.1) is 0 Å². The van der Waals surface area contributed by atoms with Crippen molar-refractivity contribution in [3.63, 3.8) is 0 Å². The molecular formula is C13H10N2O6S. The van der Waals surface area contributed by atoms with Crippen LogP contribution in [-0.4, -0.2) is 40.6 Å². The van der Waals surface area contributed by atoms with Crippen molar-refractivity contribution < 1.29 is 24.0 Å². The Labute approximate surface area is 128 Å². The fraction of sp³-hybridized carbons (Fsp3) is 0.154. The fourth-order valence-corrected chi connectivity index (χ4v) is 2.58. The van der Waals surface area contributed by atoms with Gasteiger partial charge in [0.15, 0.2) is 0 Å². The molecule has 0 aliphatic carbocycles. The molecule has 1 fully saturated rings. The van der Waals surface area contributed by atoms with Crippen molar-refractivity contribution in [3.05, 3.63) is 44.8 Å². The van der Waals surface area contributed by atoms with Crippen molar-refractivity contribution in [2.45, 2.75) is 0 Å². The van der Waals surface area contributed by atoms with Crippen molar-refractivity contribution in [3.8, 4) is 0 Å². The van der Waals surface area contributed by atoms with Crippen LogP contribution in [0.4, 0.5) is 10.5 Å². The molecular weight excluding hydrogens is 312 g/mol. The largest absolute Gasteiger partial charge is 0.468 e. The number of thioether (sulfide) groups is 1. The number of nitrogens with zero attached hydrogens (tertiary/aromatic N) is 2. The van der Waals surface area contributed by atoms with Gasteiger partial charge in [-0.3, -0.25) is 29.4 Å². The molecule has 1 heterocycles. The SMILES string of the molecule is COC(=O)CN1C(=O)SC(=Cc2ccccc2[N+](=O)[O-])C1=O. The topological polar surface area (TPSA) is 107 Å². The molecule has 0 spiro atoms. The Morgan fingerprint density at radius 3 is 2.73 bits per heavy atom. The van der Waals surface area contributed by atoms with E-state index in [1.165, 1.54) is 24.3 Å². The van der Waals surface area contributed by atoms with Crippen LogP contribution in [0.25, 0.3) is 6.08 Å². The lowest BCUT2D eigenvalue weighted by Crippen LogP contribution is -2.34. The molecule has 1 saturated heterocycles. The molecule has 0 bridgehead atoms. The maximum absolute atomic E-state index is 12.1. The van der Waals surface area contributed by atoms with Gasteiger partial charge in [-0.1, -0.05) is 12.1 Å². The number of carbonyl (C=O) groups excluding carboxylic acids is 3. The first-order valence-corrected chi connectivity index (χ1v) is 6.81. The highest BCUT2D eigenvalue weighted by atomic mass is 32.2. The first-order chi connectivity index (χ1) is 10.4. The number of hydrogen-bond donors (Lipinski definition) is 0. The number of imide groups is 1. The molecule has 2 amide bonds. The Bertz CT molecular complexity index is 700. The highest BCUT2D eigenvalue weighted by Gasteiger charge is 2.36. The molecule has 1 aromatic carbocycles. The van der Waals surface area contributed by atoms with E-state index in [4.69, 9.17) is 0 Å². The molecule has 2 rings (SSSR count). The molecule has 114 valence electrons. The average Bonchev–Trinajstić information content (AvgIpc) is 2.75.